The zero-order chi connectivity index (χ0) is 21.0. The van der Waals surface area contributed by atoms with Crippen LogP contribution in [0.3, 0.4) is 0 Å². The minimum atomic E-state index is -0.791. The lowest BCUT2D eigenvalue weighted by Gasteiger charge is -2.34. The van der Waals surface area contributed by atoms with Crippen molar-refractivity contribution in [2.45, 2.75) is 46.5 Å². The van der Waals surface area contributed by atoms with Gasteiger partial charge in [0.1, 0.15) is 0 Å². The number of carbonyl (C=O) groups is 2. The third-order valence-corrected chi connectivity index (χ3v) is 7.04. The summed E-state index contributed by atoms with van der Waals surface area (Å²) in [5.74, 6) is -0.808. The summed E-state index contributed by atoms with van der Waals surface area (Å²) in [5, 5.41) is 14.2. The van der Waals surface area contributed by atoms with Crippen molar-refractivity contribution in [3.63, 3.8) is 0 Å². The minimum absolute atomic E-state index is 0.0212. The third kappa shape index (κ3) is 4.85. The van der Waals surface area contributed by atoms with Gasteiger partial charge in [-0.1, -0.05) is 25.5 Å². The number of thiazole rings is 1. The van der Waals surface area contributed by atoms with Crippen LogP contribution in [0.2, 0.25) is 0 Å². The van der Waals surface area contributed by atoms with Crippen molar-refractivity contribution in [3.05, 3.63) is 35.5 Å². The minimum Gasteiger partial charge on any atom is -0.481 e. The predicted octanol–water partition coefficient (Wildman–Crippen LogP) is 4.46. The lowest BCUT2D eigenvalue weighted by molar-refractivity contribution is -0.149. The van der Waals surface area contributed by atoms with Gasteiger partial charge < -0.3 is 5.11 Å². The molecule has 1 saturated heterocycles. The van der Waals surface area contributed by atoms with Crippen LogP contribution < -0.4 is 5.01 Å². The molecule has 6 nitrogen and oxygen atoms in total. The topological polar surface area (TPSA) is 73.7 Å². The first-order valence-electron chi connectivity index (χ1n) is 10.1. The quantitative estimate of drug-likeness (QED) is 0.644. The van der Waals surface area contributed by atoms with Gasteiger partial charge in [0.25, 0.3) is 0 Å². The number of carboxylic acid groups (broad SMARTS) is 1. The van der Waals surface area contributed by atoms with Crippen molar-refractivity contribution in [3.8, 4) is 10.4 Å². The summed E-state index contributed by atoms with van der Waals surface area (Å²) >= 11 is 1.59. The molecule has 0 spiro atoms. The number of anilines is 1. The van der Waals surface area contributed by atoms with Crippen LogP contribution in [-0.2, 0) is 16.0 Å². The highest BCUT2D eigenvalue weighted by molar-refractivity contribution is 7.15. The van der Waals surface area contributed by atoms with Crippen molar-refractivity contribution < 1.29 is 14.7 Å². The zero-order valence-electron chi connectivity index (χ0n) is 17.3. The SMILES string of the molecule is CC(Cc1ncc(-c2ccc(N(C=O)N3CCCCC3)cc2)s1)C(C)(C)C(=O)O. The van der Waals surface area contributed by atoms with Crippen molar-refractivity contribution in [2.75, 3.05) is 18.1 Å². The summed E-state index contributed by atoms with van der Waals surface area (Å²) in [4.78, 5) is 28.6. The Morgan fingerprint density at radius 2 is 1.93 bits per heavy atom. The average molecular weight is 416 g/mol. The molecule has 1 fully saturated rings. The van der Waals surface area contributed by atoms with E-state index in [-0.39, 0.29) is 5.92 Å². The van der Waals surface area contributed by atoms with E-state index in [1.165, 1.54) is 6.42 Å². The summed E-state index contributed by atoms with van der Waals surface area (Å²) in [7, 11) is 0. The van der Waals surface area contributed by atoms with Crippen molar-refractivity contribution in [1.82, 2.24) is 9.99 Å². The van der Waals surface area contributed by atoms with Gasteiger partial charge in [0.15, 0.2) is 0 Å². The predicted molar refractivity (Wildman–Crippen MR) is 116 cm³/mol. The Kier molecular flexibility index (Phi) is 6.70. The van der Waals surface area contributed by atoms with E-state index in [0.717, 1.165) is 53.5 Å². The highest BCUT2D eigenvalue weighted by atomic mass is 32.1. The molecule has 1 aliphatic rings. The van der Waals surface area contributed by atoms with Gasteiger partial charge in [-0.2, -0.15) is 0 Å². The van der Waals surface area contributed by atoms with Crippen LogP contribution >= 0.6 is 11.3 Å². The molecule has 2 aromatic rings. The molecule has 0 saturated carbocycles. The standard InChI is InChI=1S/C22H29N3O3S/c1-16(22(2,3)21(27)28)13-20-23-14-19(29-20)17-7-9-18(10-8-17)25(15-26)24-11-5-4-6-12-24/h7-10,14-16H,4-6,11-13H2,1-3H3,(H,27,28). The number of hydrazine groups is 1. The fraction of sp³-hybridized carbons (Fsp3) is 0.500. The first kappa shape index (κ1) is 21.5. The van der Waals surface area contributed by atoms with Gasteiger partial charge in [-0.05, 0) is 50.3 Å². The molecule has 7 heteroatoms. The molecule has 0 radical (unpaired) electrons. The number of piperidine rings is 1. The lowest BCUT2D eigenvalue weighted by atomic mass is 9.78. The van der Waals surface area contributed by atoms with Crippen LogP contribution in [0.1, 0.15) is 45.0 Å². The second kappa shape index (κ2) is 9.05. The Bertz CT molecular complexity index is 841. The van der Waals surface area contributed by atoms with Crippen LogP contribution in [-0.4, -0.2) is 40.6 Å². The summed E-state index contributed by atoms with van der Waals surface area (Å²) in [6, 6.07) is 7.96. The maximum absolute atomic E-state index is 11.6. The van der Waals surface area contributed by atoms with E-state index in [9.17, 15) is 14.7 Å². The second-order valence-electron chi connectivity index (χ2n) is 8.26. The molecule has 3 rings (SSSR count). The molecule has 0 aliphatic carbocycles. The molecule has 1 N–H and O–H groups in total. The monoisotopic (exact) mass is 415 g/mol. The Labute approximate surface area is 176 Å². The van der Waals surface area contributed by atoms with Gasteiger partial charge in [-0.3, -0.25) is 9.59 Å². The van der Waals surface area contributed by atoms with Crippen LogP contribution in [0.4, 0.5) is 5.69 Å². The van der Waals surface area contributed by atoms with E-state index >= 15 is 0 Å². The van der Waals surface area contributed by atoms with Crippen LogP contribution in [0, 0.1) is 11.3 Å². The van der Waals surface area contributed by atoms with Crippen molar-refractivity contribution in [1.29, 1.82) is 0 Å². The van der Waals surface area contributed by atoms with E-state index in [0.29, 0.717) is 6.42 Å². The highest BCUT2D eigenvalue weighted by Gasteiger charge is 2.34. The number of aromatic nitrogens is 1. The molecular weight excluding hydrogens is 386 g/mol. The Morgan fingerprint density at radius 3 is 2.52 bits per heavy atom. The zero-order valence-corrected chi connectivity index (χ0v) is 18.1. The van der Waals surface area contributed by atoms with Gasteiger partial charge in [-0.15, -0.1) is 11.3 Å². The van der Waals surface area contributed by atoms with Gasteiger partial charge in [-0.25, -0.2) is 15.0 Å². The van der Waals surface area contributed by atoms with Gasteiger partial charge >= 0.3 is 5.97 Å². The molecule has 1 aromatic carbocycles. The highest BCUT2D eigenvalue weighted by Crippen LogP contribution is 2.33. The summed E-state index contributed by atoms with van der Waals surface area (Å²) in [6.07, 6.45) is 6.81. The van der Waals surface area contributed by atoms with Crippen LogP contribution in [0.15, 0.2) is 30.5 Å². The average Bonchev–Trinajstić information content (AvgIpc) is 3.18. The Hall–Kier alpha value is -2.25. The summed E-state index contributed by atoms with van der Waals surface area (Å²) in [5.41, 5.74) is 1.12. The maximum Gasteiger partial charge on any atom is 0.309 e. The number of amides is 1. The number of carboxylic acids is 1. The number of rotatable bonds is 8. The second-order valence-corrected chi connectivity index (χ2v) is 9.38. The molecule has 1 aromatic heterocycles. The van der Waals surface area contributed by atoms with E-state index in [1.54, 1.807) is 30.2 Å². The van der Waals surface area contributed by atoms with Gasteiger partial charge in [0.05, 0.1) is 21.0 Å². The molecule has 1 aliphatic heterocycles. The number of benzene rings is 1. The summed E-state index contributed by atoms with van der Waals surface area (Å²) in [6.45, 7) is 7.29. The fourth-order valence-corrected chi connectivity index (χ4v) is 4.48. The molecule has 1 amide bonds. The Balaban J connectivity index is 1.70. The normalized spacial score (nSPS) is 16.4. The largest absolute Gasteiger partial charge is 0.481 e. The third-order valence-electron chi connectivity index (χ3n) is 5.97. The molecule has 156 valence electrons. The summed E-state index contributed by atoms with van der Waals surface area (Å²) < 4.78 is 0. The van der Waals surface area contributed by atoms with Gasteiger partial charge in [0, 0.05) is 25.7 Å². The smallest absolute Gasteiger partial charge is 0.309 e. The number of carbonyl (C=O) groups excluding carboxylic acids is 1. The number of aliphatic carboxylic acids is 1. The number of nitrogens with zero attached hydrogens (tertiary/aromatic N) is 3. The molecular formula is C22H29N3O3S. The van der Waals surface area contributed by atoms with Crippen LogP contribution in [0.25, 0.3) is 10.4 Å². The van der Waals surface area contributed by atoms with Crippen molar-refractivity contribution >= 4 is 29.4 Å². The molecule has 0 bridgehead atoms. The van der Waals surface area contributed by atoms with E-state index in [1.807, 2.05) is 37.4 Å². The molecule has 29 heavy (non-hydrogen) atoms. The maximum atomic E-state index is 11.6. The molecule has 1 unspecified atom stereocenters. The van der Waals surface area contributed by atoms with Crippen LogP contribution in [0.5, 0.6) is 0 Å². The van der Waals surface area contributed by atoms with Gasteiger partial charge in [0.2, 0.25) is 6.41 Å². The van der Waals surface area contributed by atoms with Crippen molar-refractivity contribution in [2.24, 2.45) is 11.3 Å². The molecule has 1 atom stereocenters. The first-order chi connectivity index (χ1) is 13.8. The molecule has 2 heterocycles. The van der Waals surface area contributed by atoms with E-state index in [2.05, 4.69) is 9.99 Å². The Morgan fingerprint density at radius 1 is 1.28 bits per heavy atom. The van der Waals surface area contributed by atoms with E-state index in [4.69, 9.17) is 0 Å². The number of hydrogen-bond acceptors (Lipinski definition) is 5. The lowest BCUT2D eigenvalue weighted by Crippen LogP contribution is -2.45. The number of hydrogen-bond donors (Lipinski definition) is 1. The fourth-order valence-electron chi connectivity index (χ4n) is 3.43. The first-order valence-corrected chi connectivity index (χ1v) is 10.9. The van der Waals surface area contributed by atoms with E-state index < -0.39 is 11.4 Å².